The maximum Gasteiger partial charge on any atom is 0.208 e. The Morgan fingerprint density at radius 1 is 1.12 bits per heavy atom. The van der Waals surface area contributed by atoms with E-state index >= 15 is 0 Å². The Bertz CT molecular complexity index is 304. The molecule has 5 heteroatoms. The lowest BCUT2D eigenvalue weighted by molar-refractivity contribution is 0.426. The van der Waals surface area contributed by atoms with E-state index < -0.39 is 10.0 Å². The van der Waals surface area contributed by atoms with E-state index in [1.165, 1.54) is 44.8 Å². The lowest BCUT2D eigenvalue weighted by Gasteiger charge is -2.16. The number of hydrogen-bond acceptors (Lipinski definition) is 3. The van der Waals surface area contributed by atoms with Gasteiger partial charge in [0, 0.05) is 19.1 Å². The van der Waals surface area contributed by atoms with Crippen molar-refractivity contribution in [2.75, 3.05) is 19.3 Å². The fraction of sp³-hybridized carbons (Fsp3) is 1.00. The molecule has 0 aromatic carbocycles. The van der Waals surface area contributed by atoms with Crippen LogP contribution in [-0.4, -0.2) is 33.8 Å². The third kappa shape index (κ3) is 7.01. The van der Waals surface area contributed by atoms with E-state index in [4.69, 9.17) is 0 Å². The molecule has 102 valence electrons. The van der Waals surface area contributed by atoms with Crippen LogP contribution in [0.3, 0.4) is 0 Å². The summed E-state index contributed by atoms with van der Waals surface area (Å²) >= 11 is 0. The third-order valence-corrected chi connectivity index (χ3v) is 4.32. The fourth-order valence-corrected chi connectivity index (χ4v) is 2.98. The number of rotatable bonds is 6. The standard InChI is InChI=1S/C12H26N2O2S/c1-3-11-5-4-6-12(8-7-11)13-9-10-14-17(2,15)16/h11-14H,3-10H2,1-2H3. The van der Waals surface area contributed by atoms with Crippen molar-refractivity contribution < 1.29 is 8.42 Å². The Morgan fingerprint density at radius 2 is 1.88 bits per heavy atom. The Labute approximate surface area is 106 Å². The van der Waals surface area contributed by atoms with Gasteiger partial charge >= 0.3 is 0 Å². The van der Waals surface area contributed by atoms with Gasteiger partial charge in [0.2, 0.25) is 10.0 Å². The molecule has 2 N–H and O–H groups in total. The molecule has 1 aliphatic rings. The summed E-state index contributed by atoms with van der Waals surface area (Å²) in [6.07, 6.45) is 8.93. The molecule has 0 heterocycles. The first-order chi connectivity index (χ1) is 8.01. The molecule has 1 rings (SSSR count). The van der Waals surface area contributed by atoms with Gasteiger partial charge in [0.1, 0.15) is 0 Å². The van der Waals surface area contributed by atoms with E-state index in [1.807, 2.05) is 0 Å². The van der Waals surface area contributed by atoms with Gasteiger partial charge in [0.15, 0.2) is 0 Å². The van der Waals surface area contributed by atoms with Gasteiger partial charge in [-0.1, -0.05) is 26.2 Å². The average molecular weight is 262 g/mol. The second-order valence-electron chi connectivity index (χ2n) is 5.10. The molecule has 0 spiro atoms. The van der Waals surface area contributed by atoms with Crippen molar-refractivity contribution in [3.05, 3.63) is 0 Å². The largest absolute Gasteiger partial charge is 0.313 e. The topological polar surface area (TPSA) is 58.2 Å². The maximum absolute atomic E-state index is 10.9. The summed E-state index contributed by atoms with van der Waals surface area (Å²) in [6, 6.07) is 0.577. The van der Waals surface area contributed by atoms with Crippen molar-refractivity contribution in [2.24, 2.45) is 5.92 Å². The molecular weight excluding hydrogens is 236 g/mol. The molecule has 0 amide bonds. The van der Waals surface area contributed by atoms with Gasteiger partial charge in [-0.15, -0.1) is 0 Å². The van der Waals surface area contributed by atoms with Gasteiger partial charge in [-0.2, -0.15) is 0 Å². The molecule has 0 saturated heterocycles. The summed E-state index contributed by atoms with van der Waals surface area (Å²) in [5, 5.41) is 3.45. The van der Waals surface area contributed by atoms with E-state index in [1.54, 1.807) is 0 Å². The molecule has 1 aliphatic carbocycles. The maximum atomic E-state index is 10.9. The minimum absolute atomic E-state index is 0.493. The molecule has 1 fully saturated rings. The SMILES string of the molecule is CCC1CCCC(NCCNS(C)(=O)=O)CC1. The highest BCUT2D eigenvalue weighted by molar-refractivity contribution is 7.88. The lowest BCUT2D eigenvalue weighted by Crippen LogP contribution is -2.36. The normalized spacial score (nSPS) is 26.7. The molecule has 2 unspecified atom stereocenters. The Kier molecular flexibility index (Phi) is 6.44. The molecule has 2 atom stereocenters. The van der Waals surface area contributed by atoms with Crippen LogP contribution in [0.1, 0.15) is 45.4 Å². The van der Waals surface area contributed by atoms with Crippen LogP contribution in [0.4, 0.5) is 0 Å². The lowest BCUT2D eigenvalue weighted by atomic mass is 9.98. The molecule has 0 bridgehead atoms. The quantitative estimate of drug-likeness (QED) is 0.563. The zero-order valence-electron chi connectivity index (χ0n) is 11.0. The first-order valence-electron chi connectivity index (χ1n) is 6.69. The summed E-state index contributed by atoms with van der Waals surface area (Å²) in [6.45, 7) is 3.50. The predicted molar refractivity (Wildman–Crippen MR) is 71.5 cm³/mol. The van der Waals surface area contributed by atoms with Crippen LogP contribution < -0.4 is 10.0 Å². The first-order valence-corrected chi connectivity index (χ1v) is 8.58. The summed E-state index contributed by atoms with van der Waals surface area (Å²) < 4.78 is 24.3. The summed E-state index contributed by atoms with van der Waals surface area (Å²) in [5.41, 5.74) is 0. The zero-order chi connectivity index (χ0) is 12.7. The van der Waals surface area contributed by atoms with E-state index in [0.29, 0.717) is 12.6 Å². The zero-order valence-corrected chi connectivity index (χ0v) is 11.9. The smallest absolute Gasteiger partial charge is 0.208 e. The molecule has 17 heavy (non-hydrogen) atoms. The van der Waals surface area contributed by atoms with Crippen molar-refractivity contribution in [3.63, 3.8) is 0 Å². The summed E-state index contributed by atoms with van der Waals surface area (Å²) in [5.74, 6) is 0.899. The highest BCUT2D eigenvalue weighted by atomic mass is 32.2. The third-order valence-electron chi connectivity index (χ3n) is 3.59. The van der Waals surface area contributed by atoms with Gasteiger partial charge in [0.25, 0.3) is 0 Å². The van der Waals surface area contributed by atoms with Crippen LogP contribution in [0.2, 0.25) is 0 Å². The Morgan fingerprint density at radius 3 is 2.53 bits per heavy atom. The van der Waals surface area contributed by atoms with Crippen LogP contribution in [0.25, 0.3) is 0 Å². The second kappa shape index (κ2) is 7.34. The summed E-state index contributed by atoms with van der Waals surface area (Å²) in [7, 11) is -3.04. The van der Waals surface area contributed by atoms with Crippen LogP contribution in [-0.2, 0) is 10.0 Å². The van der Waals surface area contributed by atoms with E-state index in [9.17, 15) is 8.42 Å². The van der Waals surface area contributed by atoms with Crippen LogP contribution in [0, 0.1) is 5.92 Å². The minimum atomic E-state index is -3.04. The van der Waals surface area contributed by atoms with Crippen molar-refractivity contribution in [1.29, 1.82) is 0 Å². The Balaban J connectivity index is 2.15. The minimum Gasteiger partial charge on any atom is -0.313 e. The van der Waals surface area contributed by atoms with Crippen molar-refractivity contribution in [1.82, 2.24) is 10.0 Å². The number of nitrogens with one attached hydrogen (secondary N) is 2. The molecule has 0 radical (unpaired) electrons. The molecule has 0 aromatic heterocycles. The summed E-state index contributed by atoms with van der Waals surface area (Å²) in [4.78, 5) is 0. The van der Waals surface area contributed by atoms with Gasteiger partial charge < -0.3 is 5.32 Å². The molecule has 0 aromatic rings. The van der Waals surface area contributed by atoms with E-state index in [-0.39, 0.29) is 0 Å². The highest BCUT2D eigenvalue weighted by Gasteiger charge is 2.16. The van der Waals surface area contributed by atoms with Crippen LogP contribution in [0.5, 0.6) is 0 Å². The predicted octanol–water partition coefficient (Wildman–Crippen LogP) is 1.48. The van der Waals surface area contributed by atoms with Gasteiger partial charge in [-0.25, -0.2) is 13.1 Å². The average Bonchev–Trinajstić information content (AvgIpc) is 2.48. The van der Waals surface area contributed by atoms with Crippen LogP contribution >= 0.6 is 0 Å². The number of hydrogen-bond donors (Lipinski definition) is 2. The second-order valence-corrected chi connectivity index (χ2v) is 6.93. The van der Waals surface area contributed by atoms with Crippen molar-refractivity contribution in [2.45, 2.75) is 51.5 Å². The first kappa shape index (κ1) is 14.9. The van der Waals surface area contributed by atoms with E-state index in [0.717, 1.165) is 12.5 Å². The monoisotopic (exact) mass is 262 g/mol. The van der Waals surface area contributed by atoms with Crippen molar-refractivity contribution in [3.8, 4) is 0 Å². The van der Waals surface area contributed by atoms with Gasteiger partial charge in [-0.05, 0) is 25.2 Å². The highest BCUT2D eigenvalue weighted by Crippen LogP contribution is 2.25. The molecule has 4 nitrogen and oxygen atoms in total. The molecule has 1 saturated carbocycles. The number of sulfonamides is 1. The molecular formula is C12H26N2O2S. The van der Waals surface area contributed by atoms with Crippen molar-refractivity contribution >= 4 is 10.0 Å². The van der Waals surface area contributed by atoms with E-state index in [2.05, 4.69) is 17.0 Å². The Hall–Kier alpha value is -0.130. The molecule has 0 aliphatic heterocycles. The van der Waals surface area contributed by atoms with Crippen LogP contribution in [0.15, 0.2) is 0 Å². The van der Waals surface area contributed by atoms with Gasteiger partial charge in [0.05, 0.1) is 6.26 Å². The fourth-order valence-electron chi connectivity index (χ4n) is 2.50. The van der Waals surface area contributed by atoms with Gasteiger partial charge in [-0.3, -0.25) is 0 Å².